The Morgan fingerprint density at radius 1 is 1.24 bits per heavy atom. The number of rotatable bonds is 7. The van der Waals surface area contributed by atoms with Gasteiger partial charge in [-0.05, 0) is 23.6 Å². The van der Waals surface area contributed by atoms with Crippen molar-refractivity contribution in [2.45, 2.75) is 20.5 Å². The van der Waals surface area contributed by atoms with E-state index in [1.165, 1.54) is 0 Å². The Hall–Kier alpha value is -1.37. The van der Waals surface area contributed by atoms with Crippen LogP contribution in [0.3, 0.4) is 0 Å². The van der Waals surface area contributed by atoms with E-state index in [1.54, 1.807) is 6.07 Å². The van der Waals surface area contributed by atoms with E-state index in [2.05, 4.69) is 19.9 Å². The molecule has 0 aromatic heterocycles. The fourth-order valence-electron chi connectivity index (χ4n) is 1.36. The molecular weight excluding hydrogens is 214 g/mol. The number of nitriles is 1. The molecule has 0 heterocycles. The summed E-state index contributed by atoms with van der Waals surface area (Å²) in [6.45, 7) is 6.75. The highest BCUT2D eigenvalue weighted by Gasteiger charge is 1.97. The van der Waals surface area contributed by atoms with Gasteiger partial charge >= 0.3 is 0 Å². The van der Waals surface area contributed by atoms with E-state index in [1.807, 2.05) is 18.2 Å². The minimum Gasteiger partial charge on any atom is -0.379 e. The second-order valence-electron chi connectivity index (χ2n) is 4.33. The molecule has 0 saturated carbocycles. The molecule has 1 rings (SSSR count). The fourth-order valence-corrected chi connectivity index (χ4v) is 1.36. The third kappa shape index (κ3) is 6.06. The van der Waals surface area contributed by atoms with Crippen molar-refractivity contribution in [2.24, 2.45) is 5.92 Å². The maximum Gasteiger partial charge on any atom is 0.0991 e. The second-order valence-corrected chi connectivity index (χ2v) is 4.33. The molecule has 0 aliphatic rings. The first kappa shape index (κ1) is 13.7. The molecule has 0 aliphatic carbocycles. The van der Waals surface area contributed by atoms with Crippen LogP contribution in [0, 0.1) is 17.2 Å². The Morgan fingerprint density at radius 3 is 2.71 bits per heavy atom. The smallest absolute Gasteiger partial charge is 0.0991 e. The summed E-state index contributed by atoms with van der Waals surface area (Å²) in [5.74, 6) is 0.558. The average Bonchev–Trinajstić information content (AvgIpc) is 2.33. The van der Waals surface area contributed by atoms with E-state index in [9.17, 15) is 0 Å². The first-order chi connectivity index (χ1) is 8.22. The van der Waals surface area contributed by atoms with Gasteiger partial charge in [0.15, 0.2) is 0 Å². The number of nitrogens with zero attached hydrogens (tertiary/aromatic N) is 1. The van der Waals surface area contributed by atoms with Crippen LogP contribution in [0.25, 0.3) is 0 Å². The van der Waals surface area contributed by atoms with E-state index in [4.69, 9.17) is 14.7 Å². The van der Waals surface area contributed by atoms with Crippen LogP contribution in [0.15, 0.2) is 24.3 Å². The highest BCUT2D eigenvalue weighted by atomic mass is 16.5. The summed E-state index contributed by atoms with van der Waals surface area (Å²) in [7, 11) is 0. The predicted octanol–water partition coefficient (Wildman–Crippen LogP) is 2.75. The van der Waals surface area contributed by atoms with Crippen LogP contribution < -0.4 is 0 Å². The summed E-state index contributed by atoms with van der Waals surface area (Å²) in [5, 5.41) is 8.74. The van der Waals surface area contributed by atoms with E-state index in [0.717, 1.165) is 12.2 Å². The largest absolute Gasteiger partial charge is 0.379 e. The summed E-state index contributed by atoms with van der Waals surface area (Å²) in [6.07, 6.45) is 0. The van der Waals surface area contributed by atoms with Gasteiger partial charge in [0.1, 0.15) is 0 Å². The molecule has 0 N–H and O–H groups in total. The lowest BCUT2D eigenvalue weighted by molar-refractivity contribution is 0.0314. The Labute approximate surface area is 103 Å². The first-order valence-corrected chi connectivity index (χ1v) is 5.87. The lowest BCUT2D eigenvalue weighted by atomic mass is 10.1. The van der Waals surface area contributed by atoms with Crippen molar-refractivity contribution in [1.82, 2.24) is 0 Å². The van der Waals surface area contributed by atoms with Crippen LogP contribution in [-0.4, -0.2) is 19.8 Å². The molecule has 0 atom stereocenters. The highest BCUT2D eigenvalue weighted by Crippen LogP contribution is 2.05. The van der Waals surface area contributed by atoms with Crippen LogP contribution >= 0.6 is 0 Å². The van der Waals surface area contributed by atoms with Gasteiger partial charge in [0.2, 0.25) is 0 Å². The zero-order valence-electron chi connectivity index (χ0n) is 10.5. The Balaban J connectivity index is 2.16. The van der Waals surface area contributed by atoms with Crippen molar-refractivity contribution in [1.29, 1.82) is 5.26 Å². The third-order valence-corrected chi connectivity index (χ3v) is 2.15. The predicted molar refractivity (Wildman–Crippen MR) is 66.5 cm³/mol. The molecule has 1 aromatic carbocycles. The maximum absolute atomic E-state index is 8.74. The molecule has 0 aliphatic heterocycles. The molecule has 0 radical (unpaired) electrons. The number of ether oxygens (including phenoxy) is 2. The zero-order chi connectivity index (χ0) is 12.5. The standard InChI is InChI=1S/C14H19NO2/c1-12(2)10-16-6-7-17-11-14-5-3-4-13(8-14)9-15/h3-5,8,12H,6-7,10-11H2,1-2H3. The molecule has 92 valence electrons. The van der Waals surface area contributed by atoms with Crippen molar-refractivity contribution in [3.63, 3.8) is 0 Å². The van der Waals surface area contributed by atoms with Crippen molar-refractivity contribution in [2.75, 3.05) is 19.8 Å². The SMILES string of the molecule is CC(C)COCCOCc1cccc(C#N)c1. The van der Waals surface area contributed by atoms with Gasteiger partial charge in [0.25, 0.3) is 0 Å². The quantitative estimate of drug-likeness (QED) is 0.680. The van der Waals surface area contributed by atoms with Crippen LogP contribution in [0.4, 0.5) is 0 Å². The van der Waals surface area contributed by atoms with Crippen LogP contribution in [0.5, 0.6) is 0 Å². The van der Waals surface area contributed by atoms with Crippen LogP contribution in [-0.2, 0) is 16.1 Å². The van der Waals surface area contributed by atoms with Gasteiger partial charge in [-0.2, -0.15) is 5.26 Å². The number of hydrogen-bond donors (Lipinski definition) is 0. The molecule has 3 heteroatoms. The van der Waals surface area contributed by atoms with E-state index in [-0.39, 0.29) is 0 Å². The molecule has 17 heavy (non-hydrogen) atoms. The molecule has 0 fully saturated rings. The lowest BCUT2D eigenvalue weighted by Crippen LogP contribution is -2.08. The summed E-state index contributed by atoms with van der Waals surface area (Å²) in [5.41, 5.74) is 1.69. The average molecular weight is 233 g/mol. The Bertz CT molecular complexity index is 369. The van der Waals surface area contributed by atoms with Gasteiger partial charge in [-0.1, -0.05) is 26.0 Å². The number of hydrogen-bond acceptors (Lipinski definition) is 3. The normalized spacial score (nSPS) is 10.5. The molecular formula is C14H19NO2. The fraction of sp³-hybridized carbons (Fsp3) is 0.500. The molecule has 0 amide bonds. The monoisotopic (exact) mass is 233 g/mol. The number of benzene rings is 1. The minimum absolute atomic E-state index is 0.528. The van der Waals surface area contributed by atoms with Crippen LogP contribution in [0.2, 0.25) is 0 Å². The van der Waals surface area contributed by atoms with E-state index >= 15 is 0 Å². The zero-order valence-corrected chi connectivity index (χ0v) is 10.5. The summed E-state index contributed by atoms with van der Waals surface area (Å²) in [4.78, 5) is 0. The van der Waals surface area contributed by atoms with Crippen molar-refractivity contribution in [3.05, 3.63) is 35.4 Å². The molecule has 0 unspecified atom stereocenters. The molecule has 0 spiro atoms. The third-order valence-electron chi connectivity index (χ3n) is 2.15. The van der Waals surface area contributed by atoms with Crippen LogP contribution in [0.1, 0.15) is 25.0 Å². The topological polar surface area (TPSA) is 42.2 Å². The second kappa shape index (κ2) is 7.83. The molecule has 3 nitrogen and oxygen atoms in total. The highest BCUT2D eigenvalue weighted by molar-refractivity contribution is 5.32. The van der Waals surface area contributed by atoms with Gasteiger partial charge in [0.05, 0.1) is 31.5 Å². The van der Waals surface area contributed by atoms with Gasteiger partial charge in [0, 0.05) is 6.61 Å². The lowest BCUT2D eigenvalue weighted by Gasteiger charge is -2.07. The molecule has 0 saturated heterocycles. The van der Waals surface area contributed by atoms with Crippen molar-refractivity contribution < 1.29 is 9.47 Å². The maximum atomic E-state index is 8.74. The molecule has 0 bridgehead atoms. The van der Waals surface area contributed by atoms with Gasteiger partial charge in [-0.15, -0.1) is 0 Å². The van der Waals surface area contributed by atoms with Gasteiger partial charge in [-0.25, -0.2) is 0 Å². The molecule has 1 aromatic rings. The summed E-state index contributed by atoms with van der Waals surface area (Å²) < 4.78 is 10.9. The summed E-state index contributed by atoms with van der Waals surface area (Å²) >= 11 is 0. The van der Waals surface area contributed by atoms with Crippen molar-refractivity contribution >= 4 is 0 Å². The van der Waals surface area contributed by atoms with E-state index in [0.29, 0.717) is 31.3 Å². The Kier molecular flexibility index (Phi) is 6.31. The van der Waals surface area contributed by atoms with E-state index < -0.39 is 0 Å². The summed E-state index contributed by atoms with van der Waals surface area (Å²) in [6, 6.07) is 9.56. The minimum atomic E-state index is 0.528. The Morgan fingerprint density at radius 2 is 2.00 bits per heavy atom. The van der Waals surface area contributed by atoms with Gasteiger partial charge < -0.3 is 9.47 Å². The van der Waals surface area contributed by atoms with Gasteiger partial charge in [-0.3, -0.25) is 0 Å². The van der Waals surface area contributed by atoms with Crippen molar-refractivity contribution in [3.8, 4) is 6.07 Å². The first-order valence-electron chi connectivity index (χ1n) is 5.87.